The molecule has 133 heavy (non-hydrogen) atoms. The number of para-hydroxylation sites is 1. The molecule has 6 heterocycles. The zero-order valence-electron chi connectivity index (χ0n) is 85.0. The van der Waals surface area contributed by atoms with Crippen molar-refractivity contribution in [3.63, 3.8) is 0 Å². The number of aromatic nitrogens is 5. The van der Waals surface area contributed by atoms with Gasteiger partial charge in [-0.2, -0.15) is 0 Å². The molecule has 2 N–H and O–H groups in total. The van der Waals surface area contributed by atoms with Crippen molar-refractivity contribution < 1.29 is 13.9 Å². The minimum absolute atomic E-state index is 0.0417. The number of furan rings is 1. The monoisotopic (exact) mass is 1780 g/mol. The van der Waals surface area contributed by atoms with E-state index < -0.39 is 0 Å². The molecule has 0 spiro atoms. The fourth-order valence-corrected chi connectivity index (χ4v) is 13.3. The van der Waals surface area contributed by atoms with E-state index in [1.807, 2.05) is 112 Å². The number of amides is 1. The van der Waals surface area contributed by atoms with Crippen LogP contribution in [0.1, 0.15) is 225 Å². The standard InChI is InChI=1S/C19H19N.C16H19N.C15H23NO.C12H15NO.C12H13N.C12H17N.2C9H11N.C8H12N2.C8H10O/c1-15(2)12-17-14-20(13-16-8-4-3-5-9-16)19-11-7-6-10-18(17)19;1-12(2)11-13-9-10-16(17(3)4)15-8-6-5-7-14(13)15;1-13(2)12-14-6-8-15(9-7-14)17-11-5-10-16(3)4;1-9(2)8-11-4-6-12(7-5-11)13-10(3)14;1-9(2)7-12-11-6-4-3-5-10(11)8-13-12;1-10(2)9-11-5-7-12(8-6-11)13(3)4;1-8(2)6-9-4-3-5-10-7-9;1-8(2)7-9-5-3-4-6-10-9;1-6(2)4-8-7(3)9-5-10-8;1-7(2)6-8-4-3-5-9-8/h3-12,14H,13H2,1-2H3;5-11H,1-4H3;6-9,12H,5,10-11H2,1-4H3;4-8H,1-3H3,(H,13,14);3-7H,8H2,1-2H3;5-9H,1-4H3;2*3-7H,1-2H3;4-5H,1-3H3,(H,9,10);3-6H,1-2H3. The largest absolute Gasteiger partial charge is 0.494 e. The SMILES string of the molecule is CC(=O)Nc1ccc(C=C(C)C)cc1.CC(C)=CC1=NCc2ccccc21.CC(C)=Cc1ccc(N(C)C)c2ccccc12.CC(C)=Cc1ccc(N(C)C)cc1.CC(C)=Cc1ccc(OCCCN(C)C)cc1.CC(C)=Cc1ccccn1.CC(C)=Cc1cccnc1.CC(C)=Cc1ccco1.CC(C)=Cc1cn(Cc2ccccc2)c2ccccc12.CC(C)=Cc1nc[nH]c1C. The van der Waals surface area contributed by atoms with Gasteiger partial charge >= 0.3 is 0 Å². The number of ether oxygens (including phenoxy) is 1. The number of hydrogen-bond acceptors (Lipinski definition) is 10. The van der Waals surface area contributed by atoms with Crippen molar-refractivity contribution in [2.75, 3.05) is 70.6 Å². The minimum Gasteiger partial charge on any atom is -0.494 e. The summed E-state index contributed by atoms with van der Waals surface area (Å²) in [6.45, 7) is 48.9. The Morgan fingerprint density at radius 3 is 1.49 bits per heavy atom. The number of nitrogens with zero attached hydrogens (tertiary/aromatic N) is 8. The number of carbonyl (C=O) groups is 1. The van der Waals surface area contributed by atoms with Crippen LogP contribution in [-0.4, -0.2) is 96.5 Å². The number of nitrogens with one attached hydrogen (secondary N) is 2. The lowest BCUT2D eigenvalue weighted by molar-refractivity contribution is -0.114. The number of fused-ring (bicyclic) bond motifs is 3. The Bertz CT molecular complexity index is 5890. The second kappa shape index (κ2) is 60.3. The Morgan fingerprint density at radius 1 is 0.451 bits per heavy atom. The van der Waals surface area contributed by atoms with Gasteiger partial charge in [-0.1, -0.05) is 244 Å². The van der Waals surface area contributed by atoms with Crippen LogP contribution in [0, 0.1) is 6.92 Å². The van der Waals surface area contributed by atoms with E-state index in [2.05, 4.69) is 429 Å². The van der Waals surface area contributed by atoms with Crippen LogP contribution in [0.3, 0.4) is 0 Å². The first-order chi connectivity index (χ1) is 63.4. The van der Waals surface area contributed by atoms with Crippen LogP contribution in [0.4, 0.5) is 17.1 Å². The smallest absolute Gasteiger partial charge is 0.221 e. The third-order valence-electron chi connectivity index (χ3n) is 18.9. The zero-order chi connectivity index (χ0) is 97.7. The van der Waals surface area contributed by atoms with Gasteiger partial charge in [-0.15, -0.1) is 0 Å². The number of hydrogen-bond donors (Lipinski definition) is 2. The number of benzene rings is 8. The van der Waals surface area contributed by atoms with Crippen molar-refractivity contribution >= 4 is 105 Å². The number of carbonyl (C=O) groups excluding carboxylic acids is 1. The van der Waals surface area contributed by atoms with Crippen LogP contribution in [0.2, 0.25) is 0 Å². The van der Waals surface area contributed by atoms with Crippen LogP contribution in [0.15, 0.2) is 339 Å². The van der Waals surface area contributed by atoms with Crippen LogP contribution in [-0.2, 0) is 17.9 Å². The number of imidazole rings is 1. The summed E-state index contributed by atoms with van der Waals surface area (Å²) in [4.78, 5) is 36.9. The summed E-state index contributed by atoms with van der Waals surface area (Å²) < 4.78 is 13.1. The molecule has 1 aliphatic heterocycles. The Labute approximate surface area is 799 Å². The lowest BCUT2D eigenvalue weighted by Crippen LogP contribution is -2.15. The number of aryl methyl sites for hydroxylation is 1. The van der Waals surface area contributed by atoms with E-state index in [-0.39, 0.29) is 5.91 Å². The second-order valence-corrected chi connectivity index (χ2v) is 35.7. The van der Waals surface area contributed by atoms with Crippen LogP contribution >= 0.6 is 0 Å². The van der Waals surface area contributed by atoms with E-state index in [9.17, 15) is 4.79 Å². The average Bonchev–Trinajstić information content (AvgIpc) is 1.78. The molecule has 5 aromatic heterocycles. The van der Waals surface area contributed by atoms with E-state index in [1.54, 1.807) is 25.0 Å². The van der Waals surface area contributed by atoms with Gasteiger partial charge in [0.05, 0.1) is 42.8 Å². The first-order valence-electron chi connectivity index (χ1n) is 45.7. The van der Waals surface area contributed by atoms with Gasteiger partial charge in [-0.3, -0.25) is 19.8 Å². The van der Waals surface area contributed by atoms with E-state index >= 15 is 0 Å². The molecule has 13 nitrogen and oxygen atoms in total. The second-order valence-electron chi connectivity index (χ2n) is 35.7. The molecule has 13 heteroatoms. The normalized spacial score (nSPS) is 10.2. The lowest BCUT2D eigenvalue weighted by Gasteiger charge is -2.16. The minimum atomic E-state index is -0.0417. The molecule has 8 aromatic carbocycles. The number of aliphatic imine (C=N–C) groups is 1. The Balaban J connectivity index is 0.000000264. The van der Waals surface area contributed by atoms with Gasteiger partial charge in [-0.05, 0) is 319 Å². The first kappa shape index (κ1) is 110. The summed E-state index contributed by atoms with van der Waals surface area (Å²) in [5.41, 5.74) is 33.3. The number of pyridine rings is 2. The molecule has 0 saturated heterocycles. The molecule has 14 rings (SSSR count). The Kier molecular flexibility index (Phi) is 49.7. The van der Waals surface area contributed by atoms with Gasteiger partial charge in [0, 0.05) is 118 Å². The molecule has 0 bridgehead atoms. The summed E-state index contributed by atoms with van der Waals surface area (Å²) in [5.74, 6) is 1.84. The van der Waals surface area contributed by atoms with Gasteiger partial charge in [0.1, 0.15) is 11.5 Å². The fraction of sp³-hybridized carbons (Fsp3) is 0.275. The number of anilines is 3. The molecule has 0 radical (unpaired) electrons. The molecule has 0 fully saturated rings. The maximum atomic E-state index is 10.8. The topological polar surface area (TPSA) is 133 Å². The summed E-state index contributed by atoms with van der Waals surface area (Å²) in [7, 11) is 12.4. The van der Waals surface area contributed by atoms with Crippen LogP contribution in [0.5, 0.6) is 5.75 Å². The molecule has 1 amide bonds. The Morgan fingerprint density at radius 2 is 0.977 bits per heavy atom. The molecule has 0 saturated carbocycles. The molecular formula is C120H150N10O3. The molecule has 698 valence electrons. The van der Waals surface area contributed by atoms with Gasteiger partial charge < -0.3 is 38.7 Å². The first-order valence-corrected chi connectivity index (χ1v) is 45.7. The van der Waals surface area contributed by atoms with E-state index in [0.29, 0.717) is 0 Å². The van der Waals surface area contributed by atoms with Crippen molar-refractivity contribution in [2.24, 2.45) is 4.99 Å². The fourth-order valence-electron chi connectivity index (χ4n) is 13.3. The van der Waals surface area contributed by atoms with Crippen molar-refractivity contribution in [1.29, 1.82) is 0 Å². The molecule has 0 atom stereocenters. The van der Waals surface area contributed by atoms with Gasteiger partial charge in [0.25, 0.3) is 0 Å². The molecule has 0 unspecified atom stereocenters. The summed E-state index contributed by atoms with van der Waals surface area (Å²) in [6, 6.07) is 78.9. The molecule has 13 aromatic rings. The predicted octanol–water partition coefficient (Wildman–Crippen LogP) is 31.9. The third-order valence-corrected chi connectivity index (χ3v) is 18.9. The Hall–Kier alpha value is -13.8. The molecule has 1 aliphatic rings. The average molecular weight is 1780 g/mol. The summed E-state index contributed by atoms with van der Waals surface area (Å²) in [5, 5.41) is 6.68. The zero-order valence-corrected chi connectivity index (χ0v) is 85.0. The number of aromatic amines is 1. The van der Waals surface area contributed by atoms with Crippen molar-refractivity contribution in [3.05, 3.63) is 403 Å². The number of H-pyrrole nitrogens is 1. The lowest BCUT2D eigenvalue weighted by atomic mass is 10.0. The van der Waals surface area contributed by atoms with Gasteiger partial charge in [-0.25, -0.2) is 4.98 Å². The highest BCUT2D eigenvalue weighted by Gasteiger charge is 2.13. The highest BCUT2D eigenvalue weighted by Crippen LogP contribution is 2.31. The van der Waals surface area contributed by atoms with Crippen LogP contribution < -0.4 is 19.9 Å². The maximum Gasteiger partial charge on any atom is 0.221 e. The summed E-state index contributed by atoms with van der Waals surface area (Å²) >= 11 is 0. The van der Waals surface area contributed by atoms with Gasteiger partial charge in [0.15, 0.2) is 0 Å². The van der Waals surface area contributed by atoms with Crippen molar-refractivity contribution in [3.8, 4) is 5.75 Å². The van der Waals surface area contributed by atoms with E-state index in [1.165, 1.54) is 140 Å². The van der Waals surface area contributed by atoms with E-state index in [4.69, 9.17) is 9.15 Å². The maximum absolute atomic E-state index is 10.8. The highest BCUT2D eigenvalue weighted by atomic mass is 16.5. The predicted molar refractivity (Wildman–Crippen MR) is 583 cm³/mol. The van der Waals surface area contributed by atoms with Crippen molar-refractivity contribution in [2.45, 2.75) is 172 Å². The van der Waals surface area contributed by atoms with E-state index in [0.717, 1.165) is 78.2 Å². The van der Waals surface area contributed by atoms with Crippen molar-refractivity contribution in [1.82, 2.24) is 29.4 Å². The molecular weight excluding hydrogens is 1630 g/mol. The third kappa shape index (κ3) is 45.6. The summed E-state index contributed by atoms with van der Waals surface area (Å²) in [6.07, 6.45) is 33.4. The van der Waals surface area contributed by atoms with Crippen LogP contribution in [0.25, 0.3) is 76.4 Å². The highest BCUT2D eigenvalue weighted by molar-refractivity contribution is 6.11. The molecule has 0 aliphatic carbocycles. The quantitative estimate of drug-likeness (QED) is 0.0716. The van der Waals surface area contributed by atoms with Gasteiger partial charge in [0.2, 0.25) is 5.91 Å². The number of rotatable bonds is 20. The number of allylic oxidation sites excluding steroid dienone is 11.